The van der Waals surface area contributed by atoms with E-state index >= 15 is 0 Å². The zero-order valence-electron chi connectivity index (χ0n) is 13.6. The number of hydrogen-bond donors (Lipinski definition) is 0. The lowest BCUT2D eigenvalue weighted by Crippen LogP contribution is -2.11. The topological polar surface area (TPSA) is 26.3 Å². The standard InChI is InChI=1S/C21H20O2/c1-6-10-19-16(5)21(18-12-9-8-11-14(18)3)17(7-2)20(23-19)13-15(4)22/h6-13H,1-2,5H2,3-4H3/b19-10+,20-13+. The minimum absolute atomic E-state index is 0.0889. The molecule has 0 unspecified atom stereocenters. The number of aryl methyl sites for hydroxylation is 1. The smallest absolute Gasteiger partial charge is 0.156 e. The lowest BCUT2D eigenvalue weighted by Gasteiger charge is -2.27. The minimum atomic E-state index is -0.0889. The Balaban J connectivity index is 2.81. The molecule has 0 saturated carbocycles. The van der Waals surface area contributed by atoms with Crippen molar-refractivity contribution in [3.63, 3.8) is 0 Å². The Bertz CT molecular complexity index is 786. The van der Waals surface area contributed by atoms with E-state index in [4.69, 9.17) is 4.74 Å². The normalized spacial score (nSPS) is 18.1. The predicted octanol–water partition coefficient (Wildman–Crippen LogP) is 5.06. The van der Waals surface area contributed by atoms with Crippen molar-refractivity contribution in [2.45, 2.75) is 13.8 Å². The van der Waals surface area contributed by atoms with Gasteiger partial charge in [0.15, 0.2) is 5.78 Å². The third kappa shape index (κ3) is 3.32. The number of carbonyl (C=O) groups excluding carboxylic acids is 1. The first kappa shape index (κ1) is 16.5. The van der Waals surface area contributed by atoms with Crippen LogP contribution < -0.4 is 0 Å². The molecule has 2 nitrogen and oxygen atoms in total. The molecule has 0 saturated heterocycles. The van der Waals surface area contributed by atoms with Gasteiger partial charge < -0.3 is 4.74 Å². The average Bonchev–Trinajstić information content (AvgIpc) is 2.50. The first-order chi connectivity index (χ1) is 11.0. The fraction of sp³-hybridized carbons (Fsp3) is 0.0952. The number of rotatable bonds is 4. The van der Waals surface area contributed by atoms with Gasteiger partial charge in [0, 0.05) is 22.8 Å². The SMILES string of the molecule is C=C/C=C1/O/C(=C/C(C)=O)C(C=C)=C(c2ccccc2C)C1=C. The molecule has 116 valence electrons. The Labute approximate surface area is 137 Å². The van der Waals surface area contributed by atoms with Crippen LogP contribution in [0.3, 0.4) is 0 Å². The van der Waals surface area contributed by atoms with Crippen molar-refractivity contribution in [1.29, 1.82) is 0 Å². The summed E-state index contributed by atoms with van der Waals surface area (Å²) in [6, 6.07) is 8.03. The maximum Gasteiger partial charge on any atom is 0.156 e. The third-order valence-corrected chi connectivity index (χ3v) is 3.58. The van der Waals surface area contributed by atoms with E-state index in [2.05, 4.69) is 19.7 Å². The molecule has 0 amide bonds. The van der Waals surface area contributed by atoms with Gasteiger partial charge in [-0.3, -0.25) is 4.79 Å². The molecule has 0 fully saturated rings. The second kappa shape index (κ2) is 6.93. The zero-order valence-corrected chi connectivity index (χ0v) is 13.6. The molecule has 0 N–H and O–H groups in total. The molecule has 0 radical (unpaired) electrons. The molecule has 1 aliphatic heterocycles. The number of carbonyl (C=O) groups is 1. The van der Waals surface area contributed by atoms with Crippen LogP contribution in [0.4, 0.5) is 0 Å². The summed E-state index contributed by atoms with van der Waals surface area (Å²) in [6.07, 6.45) is 6.56. The van der Waals surface area contributed by atoms with Gasteiger partial charge in [0.1, 0.15) is 11.5 Å². The van der Waals surface area contributed by atoms with Crippen molar-refractivity contribution in [3.8, 4) is 0 Å². The minimum Gasteiger partial charge on any atom is -0.456 e. The highest BCUT2D eigenvalue weighted by molar-refractivity contribution is 5.94. The van der Waals surface area contributed by atoms with E-state index in [1.807, 2.05) is 31.2 Å². The van der Waals surface area contributed by atoms with Crippen LogP contribution in [-0.2, 0) is 9.53 Å². The molecule has 0 aliphatic carbocycles. The summed E-state index contributed by atoms with van der Waals surface area (Å²) in [6.45, 7) is 15.3. The zero-order chi connectivity index (χ0) is 17.0. The second-order valence-electron chi connectivity index (χ2n) is 5.27. The van der Waals surface area contributed by atoms with E-state index in [0.29, 0.717) is 11.5 Å². The fourth-order valence-electron chi connectivity index (χ4n) is 2.54. The summed E-state index contributed by atoms with van der Waals surface area (Å²) in [5.74, 6) is 0.969. The maximum atomic E-state index is 11.6. The van der Waals surface area contributed by atoms with E-state index in [-0.39, 0.29) is 5.78 Å². The van der Waals surface area contributed by atoms with E-state index in [1.165, 1.54) is 13.0 Å². The Morgan fingerprint density at radius 2 is 1.87 bits per heavy atom. The molecule has 23 heavy (non-hydrogen) atoms. The fourth-order valence-corrected chi connectivity index (χ4v) is 2.54. The summed E-state index contributed by atoms with van der Waals surface area (Å²) in [5.41, 5.74) is 4.59. The molecular weight excluding hydrogens is 284 g/mol. The van der Waals surface area contributed by atoms with Crippen LogP contribution in [0.25, 0.3) is 5.57 Å². The lowest BCUT2D eigenvalue weighted by atomic mass is 9.87. The Morgan fingerprint density at radius 1 is 1.17 bits per heavy atom. The van der Waals surface area contributed by atoms with Crippen molar-refractivity contribution in [2.75, 3.05) is 0 Å². The van der Waals surface area contributed by atoms with Gasteiger partial charge in [-0.15, -0.1) is 0 Å². The van der Waals surface area contributed by atoms with Crippen LogP contribution in [0, 0.1) is 6.92 Å². The molecular formula is C21H20O2. The summed E-state index contributed by atoms with van der Waals surface area (Å²) in [7, 11) is 0. The second-order valence-corrected chi connectivity index (χ2v) is 5.27. The largest absolute Gasteiger partial charge is 0.456 e. The Morgan fingerprint density at radius 3 is 2.43 bits per heavy atom. The number of allylic oxidation sites excluding steroid dienone is 5. The van der Waals surface area contributed by atoms with Crippen LogP contribution >= 0.6 is 0 Å². The predicted molar refractivity (Wildman–Crippen MR) is 95.6 cm³/mol. The molecule has 1 aliphatic rings. The van der Waals surface area contributed by atoms with Gasteiger partial charge in [-0.05, 0) is 31.1 Å². The maximum absolute atomic E-state index is 11.6. The van der Waals surface area contributed by atoms with Crippen molar-refractivity contribution in [1.82, 2.24) is 0 Å². The van der Waals surface area contributed by atoms with E-state index in [9.17, 15) is 4.79 Å². The van der Waals surface area contributed by atoms with Crippen LogP contribution in [0.15, 0.2) is 91.0 Å². The van der Waals surface area contributed by atoms with Crippen LogP contribution in [0.2, 0.25) is 0 Å². The third-order valence-electron chi connectivity index (χ3n) is 3.58. The van der Waals surface area contributed by atoms with E-state index < -0.39 is 0 Å². The molecule has 1 heterocycles. The molecule has 0 spiro atoms. The highest BCUT2D eigenvalue weighted by atomic mass is 16.5. The molecule has 0 bridgehead atoms. The van der Waals surface area contributed by atoms with Gasteiger partial charge in [0.05, 0.1) is 0 Å². The van der Waals surface area contributed by atoms with Crippen molar-refractivity contribution < 1.29 is 9.53 Å². The van der Waals surface area contributed by atoms with Crippen molar-refractivity contribution >= 4 is 11.4 Å². The monoisotopic (exact) mass is 304 g/mol. The Kier molecular flexibility index (Phi) is 4.97. The molecule has 0 aromatic heterocycles. The van der Waals surface area contributed by atoms with Crippen molar-refractivity contribution in [2.24, 2.45) is 0 Å². The van der Waals surface area contributed by atoms with Crippen LogP contribution in [0.5, 0.6) is 0 Å². The molecule has 1 aromatic rings. The van der Waals surface area contributed by atoms with Gasteiger partial charge in [-0.1, -0.05) is 56.2 Å². The first-order valence-corrected chi connectivity index (χ1v) is 7.35. The Hall–Kier alpha value is -2.87. The number of benzene rings is 1. The number of ketones is 1. The lowest BCUT2D eigenvalue weighted by molar-refractivity contribution is -0.112. The molecule has 2 heteroatoms. The summed E-state index contributed by atoms with van der Waals surface area (Å²) >= 11 is 0. The number of ether oxygens (including phenoxy) is 1. The number of hydrogen-bond acceptors (Lipinski definition) is 2. The van der Waals surface area contributed by atoms with Gasteiger partial charge in [-0.2, -0.15) is 0 Å². The van der Waals surface area contributed by atoms with Crippen LogP contribution in [-0.4, -0.2) is 5.78 Å². The summed E-state index contributed by atoms with van der Waals surface area (Å²) in [4.78, 5) is 11.6. The van der Waals surface area contributed by atoms with Gasteiger partial charge in [0.25, 0.3) is 0 Å². The molecule has 2 rings (SSSR count). The first-order valence-electron chi connectivity index (χ1n) is 7.35. The van der Waals surface area contributed by atoms with Gasteiger partial charge in [0.2, 0.25) is 0 Å². The van der Waals surface area contributed by atoms with E-state index in [0.717, 1.165) is 27.8 Å². The molecule has 0 atom stereocenters. The van der Waals surface area contributed by atoms with E-state index in [1.54, 1.807) is 18.2 Å². The summed E-state index contributed by atoms with van der Waals surface area (Å²) < 4.78 is 5.85. The highest BCUT2D eigenvalue weighted by Crippen LogP contribution is 2.41. The van der Waals surface area contributed by atoms with Crippen molar-refractivity contribution in [3.05, 3.63) is 102 Å². The molecule has 1 aromatic carbocycles. The average molecular weight is 304 g/mol. The highest BCUT2D eigenvalue weighted by Gasteiger charge is 2.26. The summed E-state index contributed by atoms with van der Waals surface area (Å²) in [5, 5.41) is 0. The van der Waals surface area contributed by atoms with Gasteiger partial charge in [-0.25, -0.2) is 0 Å². The van der Waals surface area contributed by atoms with Crippen LogP contribution in [0.1, 0.15) is 18.1 Å². The van der Waals surface area contributed by atoms with Gasteiger partial charge >= 0.3 is 0 Å². The quantitative estimate of drug-likeness (QED) is 0.726.